The zero-order valence-corrected chi connectivity index (χ0v) is 31.0. The van der Waals surface area contributed by atoms with Crippen LogP contribution in [0.15, 0.2) is 170 Å². The summed E-state index contributed by atoms with van der Waals surface area (Å²) in [6.45, 7) is 0. The average molecular weight is 715 g/mol. The Balaban J connectivity index is 1.23. The molecule has 0 aliphatic heterocycles. The first-order valence-corrected chi connectivity index (χ1v) is 20.0. The quantitative estimate of drug-likeness (QED) is 0.161. The van der Waals surface area contributed by atoms with E-state index < -0.39 is 0 Å². The van der Waals surface area contributed by atoms with Gasteiger partial charge in [0.1, 0.15) is 0 Å². The number of aryl methyl sites for hydroxylation is 1. The van der Waals surface area contributed by atoms with Crippen LogP contribution in [-0.2, 0) is 12.8 Å². The molecule has 0 amide bonds. The van der Waals surface area contributed by atoms with Crippen LogP contribution in [0.1, 0.15) is 35.4 Å². The summed E-state index contributed by atoms with van der Waals surface area (Å²) < 4.78 is 5.03. The highest BCUT2D eigenvalue weighted by Crippen LogP contribution is 2.47. The Morgan fingerprint density at radius 2 is 1.04 bits per heavy atom. The number of benzene rings is 8. The standard InChI is InChI=1S/C54H38N2/c1-2-16-36(17-3-1)53-45-31-29-38(56-51-27-12-8-22-42(51)43-23-9-13-28-52(43)56)34-48(45)54(44-24-14-18-35-15-4-5-19-39(35)44)46-32-30-37(33-47(46)53)55-49-25-10-6-20-40(49)41-21-7-11-26-50(41)55/h1-8,10,12-22,24-25,27-34H,9,11,23,26H2. The van der Waals surface area contributed by atoms with Crippen LogP contribution < -0.4 is 0 Å². The summed E-state index contributed by atoms with van der Waals surface area (Å²) in [4.78, 5) is 0. The van der Waals surface area contributed by atoms with E-state index in [4.69, 9.17) is 0 Å². The number of fused-ring (bicyclic) bond motifs is 9. The van der Waals surface area contributed by atoms with Gasteiger partial charge >= 0.3 is 0 Å². The summed E-state index contributed by atoms with van der Waals surface area (Å²) in [5.41, 5.74) is 15.5. The molecule has 56 heavy (non-hydrogen) atoms. The van der Waals surface area contributed by atoms with Gasteiger partial charge in [-0.05, 0) is 128 Å². The SMILES string of the molecule is C1=Cc2c(c3ccccc3n2-c2ccc3c(-c4ccccc4)c4cc(-n5c6c(c7ccccc75)C=CCC6)ccc4c(-c4cccc5ccccc45)c3c2)CC1. The Morgan fingerprint density at radius 3 is 1.88 bits per heavy atom. The molecule has 0 bridgehead atoms. The van der Waals surface area contributed by atoms with Crippen molar-refractivity contribution >= 4 is 66.3 Å². The van der Waals surface area contributed by atoms with E-state index in [0.29, 0.717) is 0 Å². The fraction of sp³-hybridized carbons (Fsp3) is 0.0741. The van der Waals surface area contributed by atoms with Crippen molar-refractivity contribution in [2.75, 3.05) is 0 Å². The number of nitrogens with zero attached hydrogens (tertiary/aromatic N) is 2. The number of aromatic nitrogens is 2. The molecule has 264 valence electrons. The monoisotopic (exact) mass is 714 g/mol. The maximum Gasteiger partial charge on any atom is 0.0537 e. The van der Waals surface area contributed by atoms with E-state index in [1.165, 1.54) is 110 Å². The van der Waals surface area contributed by atoms with Crippen molar-refractivity contribution < 1.29 is 0 Å². The molecule has 2 aromatic heterocycles. The van der Waals surface area contributed by atoms with E-state index in [2.05, 4.69) is 191 Å². The lowest BCUT2D eigenvalue weighted by Gasteiger charge is -2.22. The summed E-state index contributed by atoms with van der Waals surface area (Å²) in [5, 5.41) is 10.2. The van der Waals surface area contributed by atoms with Crippen molar-refractivity contribution in [2.45, 2.75) is 25.7 Å². The lowest BCUT2D eigenvalue weighted by atomic mass is 9.84. The third-order valence-corrected chi connectivity index (χ3v) is 12.4. The Hall–Kier alpha value is -6.90. The molecule has 12 rings (SSSR count). The number of rotatable bonds is 4. The molecule has 0 spiro atoms. The van der Waals surface area contributed by atoms with E-state index in [9.17, 15) is 0 Å². The van der Waals surface area contributed by atoms with Crippen molar-refractivity contribution in [3.05, 3.63) is 192 Å². The fourth-order valence-corrected chi connectivity index (χ4v) is 10.1. The summed E-state index contributed by atoms with van der Waals surface area (Å²) in [6, 6.07) is 59.0. The van der Waals surface area contributed by atoms with Crippen LogP contribution in [0.3, 0.4) is 0 Å². The molecular formula is C54H38N2. The lowest BCUT2D eigenvalue weighted by molar-refractivity contribution is 0.889. The van der Waals surface area contributed by atoms with Crippen molar-refractivity contribution in [3.8, 4) is 33.6 Å². The summed E-state index contributed by atoms with van der Waals surface area (Å²) >= 11 is 0. The molecule has 0 radical (unpaired) electrons. The fourth-order valence-electron chi connectivity index (χ4n) is 10.1. The third-order valence-electron chi connectivity index (χ3n) is 12.4. The zero-order valence-electron chi connectivity index (χ0n) is 31.0. The number of hydrogen-bond acceptors (Lipinski definition) is 0. The second-order valence-corrected chi connectivity index (χ2v) is 15.4. The van der Waals surface area contributed by atoms with Gasteiger partial charge in [-0.2, -0.15) is 0 Å². The van der Waals surface area contributed by atoms with Gasteiger partial charge in [-0.1, -0.05) is 140 Å². The summed E-state index contributed by atoms with van der Waals surface area (Å²) in [6.07, 6.45) is 13.6. The molecule has 8 aromatic carbocycles. The van der Waals surface area contributed by atoms with E-state index in [1.807, 2.05) is 0 Å². The smallest absolute Gasteiger partial charge is 0.0537 e. The van der Waals surface area contributed by atoms with E-state index >= 15 is 0 Å². The van der Waals surface area contributed by atoms with Crippen LogP contribution in [-0.4, -0.2) is 9.13 Å². The lowest BCUT2D eigenvalue weighted by Crippen LogP contribution is -2.03. The molecule has 0 saturated heterocycles. The van der Waals surface area contributed by atoms with Crippen molar-refractivity contribution in [3.63, 3.8) is 0 Å². The molecule has 2 nitrogen and oxygen atoms in total. The molecule has 2 heteroatoms. The zero-order chi connectivity index (χ0) is 36.7. The Morgan fingerprint density at radius 1 is 0.411 bits per heavy atom. The van der Waals surface area contributed by atoms with E-state index in [1.54, 1.807) is 0 Å². The van der Waals surface area contributed by atoms with Gasteiger partial charge in [-0.3, -0.25) is 0 Å². The largest absolute Gasteiger partial charge is 0.313 e. The summed E-state index contributed by atoms with van der Waals surface area (Å²) in [7, 11) is 0. The molecule has 0 fully saturated rings. The number of para-hydroxylation sites is 2. The predicted molar refractivity (Wildman–Crippen MR) is 238 cm³/mol. The minimum atomic E-state index is 1.03. The molecule has 0 saturated carbocycles. The third kappa shape index (κ3) is 4.56. The first-order chi connectivity index (χ1) is 27.8. The molecule has 0 unspecified atom stereocenters. The second-order valence-electron chi connectivity index (χ2n) is 15.4. The topological polar surface area (TPSA) is 9.86 Å². The number of hydrogen-bond donors (Lipinski definition) is 0. The normalized spacial score (nSPS) is 13.6. The molecule has 0 atom stereocenters. The Labute approximate surface area is 325 Å². The highest BCUT2D eigenvalue weighted by Gasteiger charge is 2.24. The maximum atomic E-state index is 2.53. The number of allylic oxidation sites excluding steroid dienone is 2. The average Bonchev–Trinajstić information content (AvgIpc) is 3.78. The van der Waals surface area contributed by atoms with E-state index in [0.717, 1.165) is 25.7 Å². The summed E-state index contributed by atoms with van der Waals surface area (Å²) in [5.74, 6) is 0. The highest BCUT2D eigenvalue weighted by atomic mass is 15.0. The van der Waals surface area contributed by atoms with Crippen molar-refractivity contribution in [2.24, 2.45) is 0 Å². The van der Waals surface area contributed by atoms with Crippen LogP contribution in [0.5, 0.6) is 0 Å². The molecule has 2 aliphatic rings. The van der Waals surface area contributed by atoms with Crippen molar-refractivity contribution in [1.29, 1.82) is 0 Å². The van der Waals surface area contributed by atoms with Crippen LogP contribution in [0.4, 0.5) is 0 Å². The molecule has 0 N–H and O–H groups in total. The van der Waals surface area contributed by atoms with E-state index in [-0.39, 0.29) is 0 Å². The van der Waals surface area contributed by atoms with Crippen LogP contribution in [0.25, 0.3) is 99.9 Å². The molecule has 2 heterocycles. The van der Waals surface area contributed by atoms with Gasteiger partial charge in [0.15, 0.2) is 0 Å². The first-order valence-electron chi connectivity index (χ1n) is 20.0. The maximum absolute atomic E-state index is 2.53. The van der Waals surface area contributed by atoms with Crippen LogP contribution in [0.2, 0.25) is 0 Å². The highest BCUT2D eigenvalue weighted by molar-refractivity contribution is 6.24. The minimum Gasteiger partial charge on any atom is -0.313 e. The minimum absolute atomic E-state index is 1.03. The molecular weight excluding hydrogens is 677 g/mol. The van der Waals surface area contributed by atoms with Crippen LogP contribution >= 0.6 is 0 Å². The van der Waals surface area contributed by atoms with Crippen molar-refractivity contribution in [1.82, 2.24) is 9.13 Å². The van der Waals surface area contributed by atoms with Gasteiger partial charge in [-0.15, -0.1) is 0 Å². The first kappa shape index (κ1) is 31.5. The molecule has 2 aliphatic carbocycles. The van der Waals surface area contributed by atoms with Gasteiger partial charge in [0.25, 0.3) is 0 Å². The van der Waals surface area contributed by atoms with Crippen LogP contribution in [0, 0.1) is 0 Å². The Kier molecular flexibility index (Phi) is 6.91. The van der Waals surface area contributed by atoms with Gasteiger partial charge in [0.05, 0.1) is 11.0 Å². The molecule has 10 aromatic rings. The van der Waals surface area contributed by atoms with Gasteiger partial charge < -0.3 is 9.13 Å². The van der Waals surface area contributed by atoms with Gasteiger partial charge in [-0.25, -0.2) is 0 Å². The van der Waals surface area contributed by atoms with Gasteiger partial charge in [0.2, 0.25) is 0 Å². The Bertz CT molecular complexity index is 3290. The predicted octanol–water partition coefficient (Wildman–Crippen LogP) is 14.3. The second kappa shape index (κ2) is 12.3. The van der Waals surface area contributed by atoms with Gasteiger partial charge in [0, 0.05) is 39.1 Å².